The zero-order valence-electron chi connectivity index (χ0n) is 12.8. The van der Waals surface area contributed by atoms with Gasteiger partial charge in [0.25, 0.3) is 0 Å². The highest BCUT2D eigenvalue weighted by Gasteiger charge is 2.25. The summed E-state index contributed by atoms with van der Waals surface area (Å²) in [4.78, 5) is 7.13. The Kier molecular flexibility index (Phi) is 4.12. The summed E-state index contributed by atoms with van der Waals surface area (Å²) in [6.45, 7) is 4.03. The molecule has 1 saturated heterocycles. The molecule has 4 nitrogen and oxygen atoms in total. The number of nitriles is 1. The highest BCUT2D eigenvalue weighted by molar-refractivity contribution is 5.56. The molecule has 1 aliphatic carbocycles. The van der Waals surface area contributed by atoms with Gasteiger partial charge in [-0.15, -0.1) is 0 Å². The number of nitrogens with two attached hydrogens (primary N) is 1. The van der Waals surface area contributed by atoms with Crippen LogP contribution in [0.4, 0.5) is 5.82 Å². The second-order valence-corrected chi connectivity index (χ2v) is 6.47. The van der Waals surface area contributed by atoms with E-state index in [2.05, 4.69) is 24.0 Å². The Morgan fingerprint density at radius 2 is 2.05 bits per heavy atom. The SMILES string of the molecule is CC(N)C1CCN(c2nc3c(cc2C#N)CCCC3)CC1. The number of anilines is 1. The summed E-state index contributed by atoms with van der Waals surface area (Å²) in [5.41, 5.74) is 9.25. The zero-order valence-corrected chi connectivity index (χ0v) is 12.8. The molecule has 0 saturated carbocycles. The summed E-state index contributed by atoms with van der Waals surface area (Å²) in [6, 6.07) is 4.69. The smallest absolute Gasteiger partial charge is 0.146 e. The molecule has 1 atom stereocenters. The van der Waals surface area contributed by atoms with Gasteiger partial charge in [-0.1, -0.05) is 0 Å². The Hall–Kier alpha value is -1.60. The monoisotopic (exact) mass is 284 g/mol. The second kappa shape index (κ2) is 6.03. The van der Waals surface area contributed by atoms with E-state index in [4.69, 9.17) is 10.7 Å². The van der Waals surface area contributed by atoms with Crippen LogP contribution in [0.1, 0.15) is 49.4 Å². The molecule has 112 valence electrons. The third-order valence-electron chi connectivity index (χ3n) is 4.98. The molecule has 2 aliphatic rings. The van der Waals surface area contributed by atoms with E-state index in [1.807, 2.05) is 0 Å². The Morgan fingerprint density at radius 3 is 2.71 bits per heavy atom. The molecule has 1 unspecified atom stereocenters. The van der Waals surface area contributed by atoms with Crippen molar-refractivity contribution in [2.24, 2.45) is 11.7 Å². The molecule has 2 heterocycles. The van der Waals surface area contributed by atoms with Crippen molar-refractivity contribution in [1.82, 2.24) is 4.98 Å². The van der Waals surface area contributed by atoms with Gasteiger partial charge in [-0.2, -0.15) is 5.26 Å². The van der Waals surface area contributed by atoms with Gasteiger partial charge in [-0.25, -0.2) is 4.98 Å². The minimum absolute atomic E-state index is 0.263. The first-order chi connectivity index (χ1) is 10.2. The molecule has 0 aromatic carbocycles. The van der Waals surface area contributed by atoms with Crippen LogP contribution in [0.15, 0.2) is 6.07 Å². The van der Waals surface area contributed by atoms with Gasteiger partial charge >= 0.3 is 0 Å². The van der Waals surface area contributed by atoms with Crippen molar-refractivity contribution in [2.75, 3.05) is 18.0 Å². The Labute approximate surface area is 127 Å². The molecular weight excluding hydrogens is 260 g/mol. The first-order valence-corrected chi connectivity index (χ1v) is 8.12. The first-order valence-electron chi connectivity index (χ1n) is 8.12. The fraction of sp³-hybridized carbons (Fsp3) is 0.647. The van der Waals surface area contributed by atoms with Crippen molar-refractivity contribution in [3.8, 4) is 6.07 Å². The molecule has 0 amide bonds. The zero-order chi connectivity index (χ0) is 14.8. The largest absolute Gasteiger partial charge is 0.355 e. The molecule has 0 bridgehead atoms. The van der Waals surface area contributed by atoms with Crippen molar-refractivity contribution in [3.05, 3.63) is 22.9 Å². The predicted molar refractivity (Wildman–Crippen MR) is 84.2 cm³/mol. The van der Waals surface area contributed by atoms with E-state index in [-0.39, 0.29) is 6.04 Å². The van der Waals surface area contributed by atoms with Crippen LogP contribution in [-0.2, 0) is 12.8 Å². The molecule has 21 heavy (non-hydrogen) atoms. The molecule has 1 fully saturated rings. The Morgan fingerprint density at radius 1 is 1.33 bits per heavy atom. The lowest BCUT2D eigenvalue weighted by Crippen LogP contribution is -2.40. The van der Waals surface area contributed by atoms with Crippen LogP contribution in [-0.4, -0.2) is 24.1 Å². The number of aryl methyl sites for hydroxylation is 2. The molecule has 1 aliphatic heterocycles. The van der Waals surface area contributed by atoms with Gasteiger partial charge in [-0.05, 0) is 63.0 Å². The van der Waals surface area contributed by atoms with Gasteiger partial charge in [0.1, 0.15) is 11.9 Å². The predicted octanol–water partition coefficient (Wildman–Crippen LogP) is 2.40. The quantitative estimate of drug-likeness (QED) is 0.905. The lowest BCUT2D eigenvalue weighted by Gasteiger charge is -2.35. The van der Waals surface area contributed by atoms with E-state index < -0.39 is 0 Å². The first kappa shape index (κ1) is 14.3. The van der Waals surface area contributed by atoms with Crippen LogP contribution in [0.3, 0.4) is 0 Å². The summed E-state index contributed by atoms with van der Waals surface area (Å²) >= 11 is 0. The van der Waals surface area contributed by atoms with Gasteiger partial charge in [-0.3, -0.25) is 0 Å². The highest BCUT2D eigenvalue weighted by Crippen LogP contribution is 2.29. The van der Waals surface area contributed by atoms with Crippen molar-refractivity contribution in [2.45, 2.75) is 51.5 Å². The van der Waals surface area contributed by atoms with Gasteiger partial charge in [0.2, 0.25) is 0 Å². The molecule has 1 aromatic rings. The van der Waals surface area contributed by atoms with E-state index >= 15 is 0 Å². The highest BCUT2D eigenvalue weighted by atomic mass is 15.2. The standard InChI is InChI=1S/C17H24N4/c1-12(19)13-6-8-21(9-7-13)17-15(11-18)10-14-4-2-3-5-16(14)20-17/h10,12-13H,2-9,19H2,1H3. The molecule has 0 radical (unpaired) electrons. The van der Waals surface area contributed by atoms with Crippen molar-refractivity contribution >= 4 is 5.82 Å². The number of hydrogen-bond acceptors (Lipinski definition) is 4. The molecular formula is C17H24N4. The maximum absolute atomic E-state index is 9.45. The Bertz CT molecular complexity index is 551. The van der Waals surface area contributed by atoms with Crippen LogP contribution in [0.2, 0.25) is 0 Å². The van der Waals surface area contributed by atoms with Gasteiger partial charge in [0.15, 0.2) is 0 Å². The fourth-order valence-corrected chi connectivity index (χ4v) is 3.58. The summed E-state index contributed by atoms with van der Waals surface area (Å²) in [5.74, 6) is 1.51. The Balaban J connectivity index is 1.84. The summed E-state index contributed by atoms with van der Waals surface area (Å²) in [7, 11) is 0. The number of fused-ring (bicyclic) bond motifs is 1. The van der Waals surface area contributed by atoms with Crippen LogP contribution in [0.25, 0.3) is 0 Å². The molecule has 4 heteroatoms. The number of rotatable bonds is 2. The van der Waals surface area contributed by atoms with Gasteiger partial charge in [0.05, 0.1) is 5.56 Å². The number of piperidine rings is 1. The minimum atomic E-state index is 0.263. The number of pyridine rings is 1. The van der Waals surface area contributed by atoms with Gasteiger partial charge < -0.3 is 10.6 Å². The van der Waals surface area contributed by atoms with E-state index in [9.17, 15) is 5.26 Å². The average Bonchev–Trinajstić information content (AvgIpc) is 2.53. The lowest BCUT2D eigenvalue weighted by atomic mass is 9.90. The van der Waals surface area contributed by atoms with Crippen molar-refractivity contribution in [1.29, 1.82) is 5.26 Å². The molecule has 0 spiro atoms. The third-order valence-corrected chi connectivity index (χ3v) is 4.98. The number of nitrogens with zero attached hydrogens (tertiary/aromatic N) is 3. The maximum atomic E-state index is 9.45. The van der Waals surface area contributed by atoms with E-state index in [0.29, 0.717) is 5.92 Å². The summed E-state index contributed by atoms with van der Waals surface area (Å²) < 4.78 is 0. The van der Waals surface area contributed by atoms with Gasteiger partial charge in [0, 0.05) is 24.8 Å². The molecule has 3 rings (SSSR count). The van der Waals surface area contributed by atoms with Crippen molar-refractivity contribution in [3.63, 3.8) is 0 Å². The lowest BCUT2D eigenvalue weighted by molar-refractivity contribution is 0.353. The molecule has 2 N–H and O–H groups in total. The normalized spacial score (nSPS) is 20.7. The fourth-order valence-electron chi connectivity index (χ4n) is 3.58. The molecule has 1 aromatic heterocycles. The topological polar surface area (TPSA) is 65.9 Å². The van der Waals surface area contributed by atoms with E-state index in [1.54, 1.807) is 0 Å². The van der Waals surface area contributed by atoms with Crippen LogP contribution >= 0.6 is 0 Å². The van der Waals surface area contributed by atoms with E-state index in [1.165, 1.54) is 24.1 Å². The summed E-state index contributed by atoms with van der Waals surface area (Å²) in [5, 5.41) is 9.45. The summed E-state index contributed by atoms with van der Waals surface area (Å²) in [6.07, 6.45) is 6.77. The van der Waals surface area contributed by atoms with Crippen LogP contribution in [0.5, 0.6) is 0 Å². The number of aromatic nitrogens is 1. The minimum Gasteiger partial charge on any atom is -0.355 e. The van der Waals surface area contributed by atoms with E-state index in [0.717, 1.165) is 50.2 Å². The third kappa shape index (κ3) is 2.89. The average molecular weight is 284 g/mol. The maximum Gasteiger partial charge on any atom is 0.146 e. The van der Waals surface area contributed by atoms with Crippen molar-refractivity contribution < 1.29 is 0 Å². The second-order valence-electron chi connectivity index (χ2n) is 6.47. The van der Waals surface area contributed by atoms with Crippen LogP contribution < -0.4 is 10.6 Å². The number of hydrogen-bond donors (Lipinski definition) is 1. The van der Waals surface area contributed by atoms with Crippen LogP contribution in [0, 0.1) is 17.2 Å².